The molecule has 6 heteroatoms. The lowest BCUT2D eigenvalue weighted by molar-refractivity contribution is 0.340. The zero-order valence-electron chi connectivity index (χ0n) is 14.9. The summed E-state index contributed by atoms with van der Waals surface area (Å²) in [5.74, 6) is 0.996. The fourth-order valence-electron chi connectivity index (χ4n) is 3.07. The summed E-state index contributed by atoms with van der Waals surface area (Å²) in [5.41, 5.74) is 8.94. The molecule has 2 aromatic rings. The molecule has 3 N–H and O–H groups in total. The summed E-state index contributed by atoms with van der Waals surface area (Å²) in [6.45, 7) is 8.81. The minimum atomic E-state index is -0.322. The molecular formula is C19H22N4O2. The van der Waals surface area contributed by atoms with E-state index in [-0.39, 0.29) is 17.2 Å². The molecule has 0 saturated carbocycles. The number of nitrogens with one attached hydrogen (secondary N) is 1. The Morgan fingerprint density at radius 1 is 1.32 bits per heavy atom. The quantitative estimate of drug-likeness (QED) is 0.895. The number of hydrogen-bond donors (Lipinski definition) is 2. The molecule has 0 amide bonds. The predicted molar refractivity (Wildman–Crippen MR) is 94.2 cm³/mol. The van der Waals surface area contributed by atoms with Crippen molar-refractivity contribution in [2.24, 2.45) is 5.73 Å². The number of nitriles is 1. The van der Waals surface area contributed by atoms with Crippen molar-refractivity contribution >= 4 is 0 Å². The predicted octanol–water partition coefficient (Wildman–Crippen LogP) is 3.32. The highest BCUT2D eigenvalue weighted by Crippen LogP contribution is 2.45. The lowest BCUT2D eigenvalue weighted by Gasteiger charge is -2.27. The number of nitrogens with zero attached hydrogens (tertiary/aromatic N) is 2. The molecular weight excluding hydrogens is 316 g/mol. The third kappa shape index (κ3) is 2.93. The van der Waals surface area contributed by atoms with Crippen LogP contribution in [-0.2, 0) is 5.41 Å². The van der Waals surface area contributed by atoms with Gasteiger partial charge in [-0.25, -0.2) is 0 Å². The molecule has 0 radical (unpaired) electrons. The second kappa shape index (κ2) is 6.17. The molecule has 1 aliphatic rings. The number of hydrogen-bond acceptors (Lipinski definition) is 5. The highest BCUT2D eigenvalue weighted by Gasteiger charge is 2.37. The van der Waals surface area contributed by atoms with Gasteiger partial charge in [0.25, 0.3) is 0 Å². The first-order valence-electron chi connectivity index (χ1n) is 8.26. The molecule has 0 fully saturated rings. The number of aromatic amines is 1. The third-order valence-electron chi connectivity index (χ3n) is 4.21. The average molecular weight is 338 g/mol. The van der Waals surface area contributed by atoms with Crippen molar-refractivity contribution < 1.29 is 9.47 Å². The topological polar surface area (TPSA) is 96.9 Å². The van der Waals surface area contributed by atoms with Gasteiger partial charge in [0.1, 0.15) is 17.4 Å². The van der Waals surface area contributed by atoms with Crippen LogP contribution in [0, 0.1) is 11.3 Å². The summed E-state index contributed by atoms with van der Waals surface area (Å²) in [7, 11) is 0. The number of allylic oxidation sites excluding steroid dienone is 1. The molecule has 0 bridgehead atoms. The van der Waals surface area contributed by atoms with Crippen LogP contribution < -0.4 is 15.2 Å². The van der Waals surface area contributed by atoms with Crippen molar-refractivity contribution in [3.63, 3.8) is 0 Å². The van der Waals surface area contributed by atoms with Crippen LogP contribution in [0.5, 0.6) is 11.6 Å². The van der Waals surface area contributed by atoms with Gasteiger partial charge in [0.2, 0.25) is 11.8 Å². The van der Waals surface area contributed by atoms with E-state index in [4.69, 9.17) is 15.2 Å². The number of ether oxygens (including phenoxy) is 2. The van der Waals surface area contributed by atoms with Gasteiger partial charge in [0.15, 0.2) is 0 Å². The molecule has 6 nitrogen and oxygen atoms in total. The molecule has 0 aliphatic carbocycles. The van der Waals surface area contributed by atoms with E-state index in [1.54, 1.807) is 0 Å². The van der Waals surface area contributed by atoms with Gasteiger partial charge in [-0.05, 0) is 24.6 Å². The van der Waals surface area contributed by atoms with Crippen LogP contribution in [0.3, 0.4) is 0 Å². The maximum Gasteiger partial charge on any atom is 0.244 e. The van der Waals surface area contributed by atoms with E-state index in [0.29, 0.717) is 18.1 Å². The lowest BCUT2D eigenvalue weighted by Crippen LogP contribution is -2.23. The van der Waals surface area contributed by atoms with E-state index in [0.717, 1.165) is 22.6 Å². The number of nitrogens with two attached hydrogens (primary N) is 1. The van der Waals surface area contributed by atoms with Gasteiger partial charge in [-0.1, -0.05) is 32.9 Å². The fourth-order valence-corrected chi connectivity index (χ4v) is 3.07. The van der Waals surface area contributed by atoms with Crippen molar-refractivity contribution in [1.82, 2.24) is 10.2 Å². The molecule has 25 heavy (non-hydrogen) atoms. The molecule has 0 saturated heterocycles. The molecule has 3 rings (SSSR count). The Morgan fingerprint density at radius 2 is 2.00 bits per heavy atom. The SMILES string of the molecule is CCOc1ccc(C2C(C#N)=C(N)Oc3n[nH]c(C(C)(C)C)c32)cc1. The Balaban J connectivity index is 2.16. The molecule has 0 spiro atoms. The van der Waals surface area contributed by atoms with Crippen LogP contribution in [0.2, 0.25) is 0 Å². The van der Waals surface area contributed by atoms with Crippen molar-refractivity contribution in [2.75, 3.05) is 6.61 Å². The standard InChI is InChI=1S/C19H22N4O2/c1-5-24-12-8-6-11(7-9-12)14-13(10-20)17(21)25-18-15(14)16(22-23-18)19(2,3)4/h6-9,14H,5,21H2,1-4H3,(H,22,23). The first kappa shape index (κ1) is 16.9. The maximum atomic E-state index is 9.67. The third-order valence-corrected chi connectivity index (χ3v) is 4.21. The van der Waals surface area contributed by atoms with E-state index >= 15 is 0 Å². The number of benzene rings is 1. The first-order valence-corrected chi connectivity index (χ1v) is 8.26. The molecule has 1 unspecified atom stereocenters. The second-order valence-electron chi connectivity index (χ2n) is 6.99. The smallest absolute Gasteiger partial charge is 0.244 e. The fraction of sp³-hybridized carbons (Fsp3) is 0.368. The van der Waals surface area contributed by atoms with E-state index in [1.807, 2.05) is 31.2 Å². The van der Waals surface area contributed by atoms with Crippen molar-refractivity contribution in [3.8, 4) is 17.7 Å². The van der Waals surface area contributed by atoms with Gasteiger partial charge in [0.05, 0.1) is 18.1 Å². The molecule has 1 aromatic heterocycles. The van der Waals surface area contributed by atoms with Crippen LogP contribution in [0.25, 0.3) is 0 Å². The number of aromatic nitrogens is 2. The minimum Gasteiger partial charge on any atom is -0.494 e. The van der Waals surface area contributed by atoms with Gasteiger partial charge in [-0.3, -0.25) is 5.10 Å². The van der Waals surface area contributed by atoms with Crippen molar-refractivity contribution in [2.45, 2.75) is 39.0 Å². The largest absolute Gasteiger partial charge is 0.494 e. The van der Waals surface area contributed by atoms with Crippen LogP contribution in [0.4, 0.5) is 0 Å². The summed E-state index contributed by atoms with van der Waals surface area (Å²) in [6.07, 6.45) is 0. The Morgan fingerprint density at radius 3 is 2.56 bits per heavy atom. The number of rotatable bonds is 3. The average Bonchev–Trinajstić information content (AvgIpc) is 2.98. The van der Waals surface area contributed by atoms with Crippen LogP contribution in [0.15, 0.2) is 35.7 Å². The van der Waals surface area contributed by atoms with Crippen LogP contribution >= 0.6 is 0 Å². The van der Waals surface area contributed by atoms with Gasteiger partial charge >= 0.3 is 0 Å². The van der Waals surface area contributed by atoms with Crippen LogP contribution in [0.1, 0.15) is 50.4 Å². The van der Waals surface area contributed by atoms with E-state index in [1.165, 1.54) is 0 Å². The van der Waals surface area contributed by atoms with Gasteiger partial charge in [0, 0.05) is 11.1 Å². The minimum absolute atomic E-state index is 0.0980. The molecule has 130 valence electrons. The highest BCUT2D eigenvalue weighted by molar-refractivity contribution is 5.56. The Kier molecular flexibility index (Phi) is 4.17. The number of H-pyrrole nitrogens is 1. The first-order chi connectivity index (χ1) is 11.9. The summed E-state index contributed by atoms with van der Waals surface area (Å²) < 4.78 is 11.1. The van der Waals surface area contributed by atoms with E-state index < -0.39 is 0 Å². The second-order valence-corrected chi connectivity index (χ2v) is 6.99. The summed E-state index contributed by atoms with van der Waals surface area (Å²) in [6, 6.07) is 9.91. The Hall–Kier alpha value is -2.94. The Bertz CT molecular complexity index is 851. The summed E-state index contributed by atoms with van der Waals surface area (Å²) in [5, 5.41) is 17.0. The zero-order chi connectivity index (χ0) is 18.2. The number of fused-ring (bicyclic) bond motifs is 1. The summed E-state index contributed by atoms with van der Waals surface area (Å²) in [4.78, 5) is 0. The van der Waals surface area contributed by atoms with Crippen LogP contribution in [-0.4, -0.2) is 16.8 Å². The lowest BCUT2D eigenvalue weighted by atomic mass is 9.79. The highest BCUT2D eigenvalue weighted by atomic mass is 16.5. The zero-order valence-corrected chi connectivity index (χ0v) is 14.9. The normalized spacial score (nSPS) is 16.8. The maximum absolute atomic E-state index is 9.67. The van der Waals surface area contributed by atoms with Gasteiger partial charge < -0.3 is 15.2 Å². The van der Waals surface area contributed by atoms with Crippen molar-refractivity contribution in [1.29, 1.82) is 5.26 Å². The van der Waals surface area contributed by atoms with E-state index in [9.17, 15) is 5.26 Å². The summed E-state index contributed by atoms with van der Waals surface area (Å²) >= 11 is 0. The van der Waals surface area contributed by atoms with Gasteiger partial charge in [-0.2, -0.15) is 5.26 Å². The van der Waals surface area contributed by atoms with Gasteiger partial charge in [-0.15, -0.1) is 5.10 Å². The van der Waals surface area contributed by atoms with E-state index in [2.05, 4.69) is 37.0 Å². The molecule has 1 aliphatic heterocycles. The monoisotopic (exact) mass is 338 g/mol. The Labute approximate surface area is 147 Å². The molecule has 1 atom stereocenters. The molecule has 1 aromatic carbocycles. The van der Waals surface area contributed by atoms with Crippen molar-refractivity contribution in [3.05, 3.63) is 52.5 Å². The molecule has 2 heterocycles.